The van der Waals surface area contributed by atoms with Gasteiger partial charge in [-0.1, -0.05) is 18.2 Å². The number of hydrogen-bond acceptors (Lipinski definition) is 6. The number of piperidine rings is 1. The number of pyridine rings is 1. The van der Waals surface area contributed by atoms with Crippen molar-refractivity contribution in [1.82, 2.24) is 20.3 Å². The van der Waals surface area contributed by atoms with Crippen molar-refractivity contribution in [3.8, 4) is 0 Å². The van der Waals surface area contributed by atoms with E-state index >= 15 is 0 Å². The van der Waals surface area contributed by atoms with Gasteiger partial charge in [0.25, 0.3) is 0 Å². The summed E-state index contributed by atoms with van der Waals surface area (Å²) in [6, 6.07) is 10.6. The third-order valence-electron chi connectivity index (χ3n) is 5.60. The molecule has 3 aliphatic heterocycles. The zero-order valence-corrected chi connectivity index (χ0v) is 15.6. The molecule has 5 rings (SSSR count). The van der Waals surface area contributed by atoms with Crippen molar-refractivity contribution in [3.63, 3.8) is 0 Å². The molecule has 1 N–H and O–H groups in total. The van der Waals surface area contributed by atoms with Gasteiger partial charge in [0.15, 0.2) is 0 Å². The Kier molecular flexibility index (Phi) is 4.22. The summed E-state index contributed by atoms with van der Waals surface area (Å²) in [5.74, 6) is 1.30. The van der Waals surface area contributed by atoms with E-state index < -0.39 is 0 Å². The molecule has 1 saturated heterocycles. The van der Waals surface area contributed by atoms with Crippen LogP contribution in [0.15, 0.2) is 58.3 Å². The van der Waals surface area contributed by atoms with Crippen LogP contribution in [0.1, 0.15) is 25.3 Å². The SMILES string of the molecule is CC1=NC2=NCNN2C(C2CCCN(Cc3ccnc4ccccc34)C2)=C1. The molecule has 2 aromatic rings. The van der Waals surface area contributed by atoms with Gasteiger partial charge >= 0.3 is 0 Å². The van der Waals surface area contributed by atoms with Crippen molar-refractivity contribution < 1.29 is 0 Å². The molecule has 27 heavy (non-hydrogen) atoms. The summed E-state index contributed by atoms with van der Waals surface area (Å²) >= 11 is 0. The summed E-state index contributed by atoms with van der Waals surface area (Å²) in [5.41, 5.74) is 8.13. The fraction of sp³-hybridized carbons (Fsp3) is 0.381. The summed E-state index contributed by atoms with van der Waals surface area (Å²) in [7, 11) is 0. The number of para-hydroxylation sites is 1. The first kappa shape index (κ1) is 16.6. The Balaban J connectivity index is 1.37. The lowest BCUT2D eigenvalue weighted by atomic mass is 9.92. The fourth-order valence-corrected chi connectivity index (χ4v) is 4.35. The van der Waals surface area contributed by atoms with Crippen LogP contribution >= 0.6 is 0 Å². The number of nitrogens with zero attached hydrogens (tertiary/aromatic N) is 5. The number of likely N-dealkylation sites (tertiary alicyclic amines) is 1. The number of hydrazine groups is 1. The lowest BCUT2D eigenvalue weighted by Gasteiger charge is -2.37. The average Bonchev–Trinajstić information content (AvgIpc) is 3.16. The number of aromatic nitrogens is 1. The van der Waals surface area contributed by atoms with E-state index in [1.807, 2.05) is 6.20 Å². The molecule has 3 aliphatic rings. The van der Waals surface area contributed by atoms with Gasteiger partial charge in [0.2, 0.25) is 5.96 Å². The van der Waals surface area contributed by atoms with E-state index in [9.17, 15) is 0 Å². The quantitative estimate of drug-likeness (QED) is 0.914. The first-order valence-corrected chi connectivity index (χ1v) is 9.68. The van der Waals surface area contributed by atoms with Crippen LogP contribution in [-0.2, 0) is 6.54 Å². The molecule has 0 amide bonds. The number of fused-ring (bicyclic) bond motifs is 2. The van der Waals surface area contributed by atoms with Crippen molar-refractivity contribution >= 4 is 22.6 Å². The minimum Gasteiger partial charge on any atom is -0.298 e. The average molecular weight is 360 g/mol. The highest BCUT2D eigenvalue weighted by Crippen LogP contribution is 2.30. The van der Waals surface area contributed by atoms with Crippen molar-refractivity contribution in [2.24, 2.45) is 15.9 Å². The van der Waals surface area contributed by atoms with Crippen LogP contribution in [0.4, 0.5) is 0 Å². The molecule has 1 aromatic heterocycles. The summed E-state index contributed by atoms with van der Waals surface area (Å²) in [4.78, 5) is 16.1. The molecule has 138 valence electrons. The Bertz CT molecular complexity index is 955. The molecule has 1 fully saturated rings. The topological polar surface area (TPSA) is 56.1 Å². The molecular weight excluding hydrogens is 336 g/mol. The molecule has 0 bridgehead atoms. The lowest BCUT2D eigenvalue weighted by Crippen LogP contribution is -2.45. The zero-order valence-electron chi connectivity index (χ0n) is 15.6. The molecule has 6 nitrogen and oxygen atoms in total. The van der Waals surface area contributed by atoms with Gasteiger partial charge < -0.3 is 0 Å². The largest absolute Gasteiger partial charge is 0.298 e. The highest BCUT2D eigenvalue weighted by atomic mass is 15.6. The molecule has 4 heterocycles. The Morgan fingerprint density at radius 2 is 2.15 bits per heavy atom. The summed E-state index contributed by atoms with van der Waals surface area (Å²) in [6.07, 6.45) is 6.56. The van der Waals surface area contributed by atoms with E-state index in [0.717, 1.165) is 36.8 Å². The Morgan fingerprint density at radius 3 is 3.11 bits per heavy atom. The maximum absolute atomic E-state index is 4.54. The van der Waals surface area contributed by atoms with Crippen LogP contribution in [0.25, 0.3) is 10.9 Å². The highest BCUT2D eigenvalue weighted by Gasteiger charge is 2.32. The van der Waals surface area contributed by atoms with Gasteiger partial charge in [-0.25, -0.2) is 20.4 Å². The third kappa shape index (κ3) is 3.15. The maximum Gasteiger partial charge on any atom is 0.241 e. The summed E-state index contributed by atoms with van der Waals surface area (Å²) < 4.78 is 0. The molecule has 1 atom stereocenters. The molecule has 0 aliphatic carbocycles. The molecule has 0 saturated carbocycles. The van der Waals surface area contributed by atoms with Crippen LogP contribution in [-0.4, -0.2) is 46.3 Å². The Morgan fingerprint density at radius 1 is 1.22 bits per heavy atom. The van der Waals surface area contributed by atoms with Crippen LogP contribution in [0, 0.1) is 5.92 Å². The number of benzene rings is 1. The molecule has 0 spiro atoms. The lowest BCUT2D eigenvalue weighted by molar-refractivity contribution is 0.167. The molecule has 0 radical (unpaired) electrons. The summed E-state index contributed by atoms with van der Waals surface area (Å²) in [5, 5.41) is 3.35. The van der Waals surface area contributed by atoms with Gasteiger partial charge in [0, 0.05) is 42.0 Å². The number of rotatable bonds is 3. The number of nitrogens with one attached hydrogen (secondary N) is 1. The van der Waals surface area contributed by atoms with Crippen LogP contribution in [0.2, 0.25) is 0 Å². The second kappa shape index (κ2) is 6.87. The van der Waals surface area contributed by atoms with Crippen LogP contribution in [0.3, 0.4) is 0 Å². The predicted molar refractivity (Wildman–Crippen MR) is 108 cm³/mol. The Labute approximate surface area is 159 Å². The van der Waals surface area contributed by atoms with E-state index in [0.29, 0.717) is 12.6 Å². The highest BCUT2D eigenvalue weighted by molar-refractivity contribution is 6.05. The molecule has 1 unspecified atom stereocenters. The van der Waals surface area contributed by atoms with Gasteiger partial charge in [0.1, 0.15) is 6.67 Å². The normalized spacial score (nSPS) is 23.1. The van der Waals surface area contributed by atoms with E-state index in [1.165, 1.54) is 29.5 Å². The van der Waals surface area contributed by atoms with Crippen molar-refractivity contribution in [3.05, 3.63) is 53.9 Å². The van der Waals surface area contributed by atoms with Crippen molar-refractivity contribution in [1.29, 1.82) is 0 Å². The van der Waals surface area contributed by atoms with Gasteiger partial charge in [-0.2, -0.15) is 0 Å². The molecule has 1 aromatic carbocycles. The van der Waals surface area contributed by atoms with Crippen LogP contribution in [0.5, 0.6) is 0 Å². The number of hydrogen-bond donors (Lipinski definition) is 1. The van der Waals surface area contributed by atoms with Crippen molar-refractivity contribution in [2.45, 2.75) is 26.3 Å². The second-order valence-electron chi connectivity index (χ2n) is 7.49. The number of allylic oxidation sites excluding steroid dienone is 1. The monoisotopic (exact) mass is 360 g/mol. The smallest absolute Gasteiger partial charge is 0.241 e. The van der Waals surface area contributed by atoms with E-state index in [4.69, 9.17) is 0 Å². The molecule has 6 heteroatoms. The molecular formula is C21H24N6. The maximum atomic E-state index is 4.54. The van der Waals surface area contributed by atoms with Gasteiger partial charge in [-0.15, -0.1) is 0 Å². The van der Waals surface area contributed by atoms with E-state index in [2.05, 4.69) is 73.6 Å². The Hall–Kier alpha value is -2.57. The first-order valence-electron chi connectivity index (χ1n) is 9.68. The van der Waals surface area contributed by atoms with Gasteiger partial charge in [-0.3, -0.25) is 9.88 Å². The summed E-state index contributed by atoms with van der Waals surface area (Å²) in [6.45, 7) is 5.84. The third-order valence-corrected chi connectivity index (χ3v) is 5.60. The van der Waals surface area contributed by atoms with E-state index in [1.54, 1.807) is 0 Å². The zero-order chi connectivity index (χ0) is 18.2. The van der Waals surface area contributed by atoms with Gasteiger partial charge in [-0.05, 0) is 50.1 Å². The van der Waals surface area contributed by atoms with Crippen molar-refractivity contribution in [2.75, 3.05) is 19.8 Å². The first-order chi connectivity index (χ1) is 13.3. The number of aliphatic imine (C=N–C) groups is 2. The standard InChI is InChI=1S/C21H24N6/c1-15-11-20(27-21(25-15)23-14-24-27)17-5-4-10-26(13-17)12-16-8-9-22-19-7-3-2-6-18(16)19/h2-3,6-9,11,17,24H,4-5,10,12-14H2,1H3. The van der Waals surface area contributed by atoms with Gasteiger partial charge in [0.05, 0.1) is 5.52 Å². The fourth-order valence-electron chi connectivity index (χ4n) is 4.35. The predicted octanol–water partition coefficient (Wildman–Crippen LogP) is 2.94. The van der Waals surface area contributed by atoms with E-state index in [-0.39, 0.29) is 0 Å². The minimum atomic E-state index is 0.494. The second-order valence-corrected chi connectivity index (χ2v) is 7.49. The minimum absolute atomic E-state index is 0.494. The number of guanidine groups is 1. The van der Waals surface area contributed by atoms with Crippen LogP contribution < -0.4 is 5.43 Å².